The van der Waals surface area contributed by atoms with Crippen LogP contribution in [0.3, 0.4) is 0 Å². The SMILES string of the molecule is COc1ccc(-c2noc(N3CCC[C@H](C(=O)NCCCN4CCOCC4)C3)n2)cc1. The highest BCUT2D eigenvalue weighted by atomic mass is 16.5. The molecular weight excluding hydrogens is 398 g/mol. The second-order valence-electron chi connectivity index (χ2n) is 8.01. The van der Waals surface area contributed by atoms with Crippen molar-refractivity contribution in [3.63, 3.8) is 0 Å². The molecule has 0 unspecified atom stereocenters. The fraction of sp³-hybridized carbons (Fsp3) is 0.591. The number of rotatable bonds is 8. The maximum absolute atomic E-state index is 12.7. The van der Waals surface area contributed by atoms with Crippen LogP contribution in [0.15, 0.2) is 28.8 Å². The van der Waals surface area contributed by atoms with Crippen LogP contribution in [0.5, 0.6) is 5.75 Å². The minimum atomic E-state index is -0.0616. The Labute approximate surface area is 182 Å². The van der Waals surface area contributed by atoms with Crippen LogP contribution in [0.2, 0.25) is 0 Å². The van der Waals surface area contributed by atoms with Gasteiger partial charge in [0.25, 0.3) is 0 Å². The Bertz CT molecular complexity index is 835. The summed E-state index contributed by atoms with van der Waals surface area (Å²) < 4.78 is 16.1. The Morgan fingerprint density at radius 2 is 2.03 bits per heavy atom. The van der Waals surface area contributed by atoms with Crippen molar-refractivity contribution in [2.24, 2.45) is 5.92 Å². The Hall–Kier alpha value is -2.65. The zero-order chi connectivity index (χ0) is 21.5. The molecule has 0 saturated carbocycles. The molecule has 2 aliphatic heterocycles. The van der Waals surface area contributed by atoms with E-state index in [0.29, 0.717) is 24.9 Å². The van der Waals surface area contributed by atoms with E-state index in [1.165, 1.54) is 0 Å². The smallest absolute Gasteiger partial charge is 0.324 e. The number of piperidine rings is 1. The lowest BCUT2D eigenvalue weighted by Crippen LogP contribution is -2.44. The Balaban J connectivity index is 1.26. The summed E-state index contributed by atoms with van der Waals surface area (Å²) in [5, 5.41) is 7.21. The number of carbonyl (C=O) groups is 1. The lowest BCUT2D eigenvalue weighted by Gasteiger charge is -2.30. The Morgan fingerprint density at radius 3 is 2.81 bits per heavy atom. The van der Waals surface area contributed by atoms with E-state index in [9.17, 15) is 4.79 Å². The molecule has 3 heterocycles. The standard InChI is InChI=1S/C22H31N5O4/c1-29-19-7-5-17(6-8-19)20-24-22(31-25-20)27-11-2-4-18(16-27)21(28)23-9-3-10-26-12-14-30-15-13-26/h5-8,18H,2-4,9-16H2,1H3,(H,23,28)/t18-/m0/s1. The molecule has 2 saturated heterocycles. The van der Waals surface area contributed by atoms with Crippen molar-refractivity contribution in [2.45, 2.75) is 19.3 Å². The zero-order valence-electron chi connectivity index (χ0n) is 18.1. The second-order valence-corrected chi connectivity index (χ2v) is 8.01. The molecule has 1 aromatic carbocycles. The molecule has 0 spiro atoms. The van der Waals surface area contributed by atoms with Crippen molar-refractivity contribution >= 4 is 11.9 Å². The molecule has 1 atom stereocenters. The molecule has 1 aromatic heterocycles. The summed E-state index contributed by atoms with van der Waals surface area (Å²) in [6.45, 7) is 6.68. The lowest BCUT2D eigenvalue weighted by molar-refractivity contribution is -0.125. The van der Waals surface area contributed by atoms with Crippen LogP contribution in [0.25, 0.3) is 11.4 Å². The van der Waals surface area contributed by atoms with Crippen molar-refractivity contribution in [3.8, 4) is 17.1 Å². The van der Waals surface area contributed by atoms with Crippen molar-refractivity contribution < 1.29 is 18.8 Å². The van der Waals surface area contributed by atoms with Crippen LogP contribution in [-0.2, 0) is 9.53 Å². The van der Waals surface area contributed by atoms with Gasteiger partial charge in [0.1, 0.15) is 5.75 Å². The van der Waals surface area contributed by atoms with Gasteiger partial charge >= 0.3 is 6.01 Å². The first-order valence-electron chi connectivity index (χ1n) is 11.0. The molecule has 2 fully saturated rings. The number of nitrogens with zero attached hydrogens (tertiary/aromatic N) is 4. The van der Waals surface area contributed by atoms with Gasteiger partial charge in [-0.05, 0) is 50.1 Å². The van der Waals surface area contributed by atoms with Gasteiger partial charge in [-0.1, -0.05) is 5.16 Å². The number of hydrogen-bond acceptors (Lipinski definition) is 8. The Kier molecular flexibility index (Phi) is 7.37. The summed E-state index contributed by atoms with van der Waals surface area (Å²) in [6.07, 6.45) is 2.76. The van der Waals surface area contributed by atoms with Crippen LogP contribution >= 0.6 is 0 Å². The van der Waals surface area contributed by atoms with Crippen LogP contribution in [0, 0.1) is 5.92 Å². The molecule has 0 aliphatic carbocycles. The van der Waals surface area contributed by atoms with Crippen molar-refractivity contribution in [3.05, 3.63) is 24.3 Å². The number of aromatic nitrogens is 2. The van der Waals surface area contributed by atoms with Gasteiger partial charge in [0, 0.05) is 38.3 Å². The van der Waals surface area contributed by atoms with E-state index in [-0.39, 0.29) is 11.8 Å². The van der Waals surface area contributed by atoms with E-state index in [4.69, 9.17) is 14.0 Å². The monoisotopic (exact) mass is 429 g/mol. The predicted octanol–water partition coefficient (Wildman–Crippen LogP) is 1.80. The largest absolute Gasteiger partial charge is 0.497 e. The Morgan fingerprint density at radius 1 is 1.23 bits per heavy atom. The molecule has 1 amide bonds. The molecule has 2 aromatic rings. The van der Waals surface area contributed by atoms with Gasteiger partial charge in [0.05, 0.1) is 26.2 Å². The highest BCUT2D eigenvalue weighted by molar-refractivity contribution is 5.79. The molecule has 1 N–H and O–H groups in total. The van der Waals surface area contributed by atoms with Crippen LogP contribution in [0.1, 0.15) is 19.3 Å². The third kappa shape index (κ3) is 5.74. The maximum atomic E-state index is 12.7. The van der Waals surface area contributed by atoms with Gasteiger partial charge in [0.15, 0.2) is 0 Å². The number of ether oxygens (including phenoxy) is 2. The molecule has 31 heavy (non-hydrogen) atoms. The number of methoxy groups -OCH3 is 1. The molecule has 0 bridgehead atoms. The summed E-state index contributed by atoms with van der Waals surface area (Å²) in [6, 6.07) is 8.00. The van der Waals surface area contributed by atoms with Gasteiger partial charge in [-0.2, -0.15) is 4.98 Å². The van der Waals surface area contributed by atoms with E-state index >= 15 is 0 Å². The molecule has 9 heteroatoms. The van der Waals surface area contributed by atoms with E-state index in [0.717, 1.165) is 70.0 Å². The summed E-state index contributed by atoms with van der Waals surface area (Å²) in [5.74, 6) is 1.37. The van der Waals surface area contributed by atoms with Crippen LogP contribution < -0.4 is 15.0 Å². The zero-order valence-corrected chi connectivity index (χ0v) is 18.1. The summed E-state index contributed by atoms with van der Waals surface area (Å²) >= 11 is 0. The number of carbonyl (C=O) groups excluding carboxylic acids is 1. The van der Waals surface area contributed by atoms with E-state index in [1.807, 2.05) is 29.2 Å². The van der Waals surface area contributed by atoms with Gasteiger partial charge in [-0.3, -0.25) is 9.69 Å². The molecular formula is C22H31N5O4. The van der Waals surface area contributed by atoms with Gasteiger partial charge < -0.3 is 24.2 Å². The van der Waals surface area contributed by atoms with Gasteiger partial charge in [0.2, 0.25) is 11.7 Å². The predicted molar refractivity (Wildman–Crippen MR) is 116 cm³/mol. The van der Waals surface area contributed by atoms with E-state index in [1.54, 1.807) is 7.11 Å². The molecule has 9 nitrogen and oxygen atoms in total. The number of morpholine rings is 1. The average Bonchev–Trinajstić information content (AvgIpc) is 3.33. The summed E-state index contributed by atoms with van der Waals surface area (Å²) in [4.78, 5) is 21.6. The first-order valence-corrected chi connectivity index (χ1v) is 11.0. The number of hydrogen-bond donors (Lipinski definition) is 1. The number of benzene rings is 1. The van der Waals surface area contributed by atoms with Gasteiger partial charge in [-0.15, -0.1) is 0 Å². The van der Waals surface area contributed by atoms with Crippen molar-refractivity contribution in [1.82, 2.24) is 20.4 Å². The summed E-state index contributed by atoms with van der Waals surface area (Å²) in [7, 11) is 1.63. The third-order valence-corrected chi connectivity index (χ3v) is 5.88. The highest BCUT2D eigenvalue weighted by Crippen LogP contribution is 2.25. The molecule has 168 valence electrons. The lowest BCUT2D eigenvalue weighted by atomic mass is 9.97. The number of nitrogens with one attached hydrogen (secondary N) is 1. The first-order chi connectivity index (χ1) is 15.2. The van der Waals surface area contributed by atoms with Crippen LogP contribution in [-0.4, -0.2) is 80.5 Å². The van der Waals surface area contributed by atoms with E-state index in [2.05, 4.69) is 20.4 Å². The minimum absolute atomic E-state index is 0.0616. The number of amides is 1. The van der Waals surface area contributed by atoms with Crippen molar-refractivity contribution in [1.29, 1.82) is 0 Å². The minimum Gasteiger partial charge on any atom is -0.497 e. The fourth-order valence-electron chi connectivity index (χ4n) is 4.05. The molecule has 2 aliphatic rings. The third-order valence-electron chi connectivity index (χ3n) is 5.88. The number of anilines is 1. The molecule has 0 radical (unpaired) electrons. The average molecular weight is 430 g/mol. The highest BCUT2D eigenvalue weighted by Gasteiger charge is 2.28. The maximum Gasteiger partial charge on any atom is 0.324 e. The van der Waals surface area contributed by atoms with Crippen molar-refractivity contribution in [2.75, 3.05) is 64.5 Å². The van der Waals surface area contributed by atoms with Gasteiger partial charge in [-0.25, -0.2) is 0 Å². The second kappa shape index (κ2) is 10.6. The summed E-state index contributed by atoms with van der Waals surface area (Å²) in [5.41, 5.74) is 0.863. The van der Waals surface area contributed by atoms with E-state index < -0.39 is 0 Å². The van der Waals surface area contributed by atoms with Crippen LogP contribution in [0.4, 0.5) is 6.01 Å². The quantitative estimate of drug-likeness (QED) is 0.635. The first kappa shape index (κ1) is 21.6. The normalized spacial score (nSPS) is 19.9. The topological polar surface area (TPSA) is 93.0 Å². The molecule has 4 rings (SSSR count). The fourth-order valence-corrected chi connectivity index (χ4v) is 4.05.